The fraction of sp³-hybridized carbons (Fsp3) is 0.462. The van der Waals surface area contributed by atoms with Crippen molar-refractivity contribution in [2.75, 3.05) is 59.7 Å². The lowest BCUT2D eigenvalue weighted by atomic mass is 9.80. The number of hydrogen-bond acceptors (Lipinski definition) is 8. The zero-order valence-electron chi connectivity index (χ0n) is 22.2. The first-order valence-corrected chi connectivity index (χ1v) is 13.0. The number of ether oxygens (including phenoxy) is 3. The van der Waals surface area contributed by atoms with E-state index in [9.17, 15) is 19.2 Å². The summed E-state index contributed by atoms with van der Waals surface area (Å²) in [5, 5.41) is 11.5. The minimum atomic E-state index is -0.841. The van der Waals surface area contributed by atoms with Crippen LogP contribution in [0, 0.1) is 0 Å². The Kier molecular flexibility index (Phi) is 11.0. The van der Waals surface area contributed by atoms with Gasteiger partial charge in [0.05, 0.1) is 49.7 Å². The van der Waals surface area contributed by atoms with Gasteiger partial charge in [-0.1, -0.05) is 29.8 Å². The molecule has 4 amide bonds. The summed E-state index contributed by atoms with van der Waals surface area (Å²) in [5.41, 5.74) is 1.87. The Morgan fingerprint density at radius 2 is 1.87 bits per heavy atom. The summed E-state index contributed by atoms with van der Waals surface area (Å²) in [6.07, 6.45) is 0. The van der Waals surface area contributed by atoms with Crippen LogP contribution in [-0.4, -0.2) is 88.6 Å². The third-order valence-corrected chi connectivity index (χ3v) is 6.50. The number of esters is 2. The van der Waals surface area contributed by atoms with E-state index in [1.807, 2.05) is 0 Å². The Bertz CT molecular complexity index is 1150. The van der Waals surface area contributed by atoms with E-state index in [1.165, 1.54) is 7.11 Å². The quantitative estimate of drug-likeness (QED) is 0.222. The average molecular weight is 564 g/mol. The van der Waals surface area contributed by atoms with Crippen molar-refractivity contribution >= 4 is 35.6 Å². The average Bonchev–Trinajstić information content (AvgIpc) is 3.32. The van der Waals surface area contributed by atoms with E-state index >= 15 is 0 Å². The first-order chi connectivity index (χ1) is 18.8. The zero-order valence-corrected chi connectivity index (χ0v) is 23.0. The molecule has 4 N–H and O–H groups in total. The van der Waals surface area contributed by atoms with Crippen LogP contribution in [0.2, 0.25) is 5.02 Å². The predicted octanol–water partition coefficient (Wildman–Crippen LogP) is 1.63. The van der Waals surface area contributed by atoms with Crippen LogP contribution >= 0.6 is 11.6 Å². The van der Waals surface area contributed by atoms with Gasteiger partial charge in [-0.3, -0.25) is 0 Å². The summed E-state index contributed by atoms with van der Waals surface area (Å²) in [6.45, 7) is 5.80. The number of carbonyl (C=O) groups excluding carboxylic acids is 4. The standard InChI is InChI=1S/C26H34ClN5O7/c1-4-39-24(34)22-19(15-38-14-11-29-25(35)28-9-12-32-13-10-30-26(32)36)31-16(2)20(23(33)37-3)21(22)17-7-5-6-8-18(17)27/h5-8,21,31H,4,9-15H2,1-3H3,(H,30,36)(H2,28,29,35). The summed E-state index contributed by atoms with van der Waals surface area (Å²) in [5.74, 6) is -2.06. The highest BCUT2D eigenvalue weighted by Crippen LogP contribution is 2.41. The lowest BCUT2D eigenvalue weighted by molar-refractivity contribution is -0.139. The van der Waals surface area contributed by atoms with Crippen LogP contribution in [-0.2, 0) is 23.8 Å². The predicted molar refractivity (Wildman–Crippen MR) is 143 cm³/mol. The molecule has 0 radical (unpaired) electrons. The highest BCUT2D eigenvalue weighted by molar-refractivity contribution is 6.31. The van der Waals surface area contributed by atoms with Gasteiger partial charge in [-0.2, -0.15) is 0 Å². The number of allylic oxidation sites excluding steroid dienone is 1. The second-order valence-corrected chi connectivity index (χ2v) is 9.08. The van der Waals surface area contributed by atoms with Crippen LogP contribution in [0.15, 0.2) is 46.8 Å². The number of urea groups is 2. The summed E-state index contributed by atoms with van der Waals surface area (Å²) >= 11 is 6.50. The molecule has 0 aromatic heterocycles. The van der Waals surface area contributed by atoms with E-state index in [0.29, 0.717) is 48.2 Å². The normalized spacial score (nSPS) is 17.0. The summed E-state index contributed by atoms with van der Waals surface area (Å²) in [7, 11) is 1.27. The van der Waals surface area contributed by atoms with Crippen molar-refractivity contribution in [3.8, 4) is 0 Å². The minimum absolute atomic E-state index is 0.0196. The molecule has 1 atom stereocenters. The Balaban J connectivity index is 1.67. The lowest BCUT2D eigenvalue weighted by Crippen LogP contribution is -2.42. The highest BCUT2D eigenvalue weighted by atomic mass is 35.5. The van der Waals surface area contributed by atoms with Crippen molar-refractivity contribution in [2.24, 2.45) is 0 Å². The maximum Gasteiger partial charge on any atom is 0.336 e. The van der Waals surface area contributed by atoms with Crippen molar-refractivity contribution < 1.29 is 33.4 Å². The number of nitrogens with zero attached hydrogens (tertiary/aromatic N) is 1. The molecule has 13 heteroatoms. The minimum Gasteiger partial charge on any atom is -0.466 e. The van der Waals surface area contributed by atoms with Crippen molar-refractivity contribution in [1.29, 1.82) is 0 Å². The van der Waals surface area contributed by atoms with Gasteiger partial charge in [0, 0.05) is 43.4 Å². The number of carbonyl (C=O) groups is 4. The number of hydrogen-bond donors (Lipinski definition) is 4. The topological polar surface area (TPSA) is 147 Å². The van der Waals surface area contributed by atoms with Crippen molar-refractivity contribution in [2.45, 2.75) is 19.8 Å². The molecule has 39 heavy (non-hydrogen) atoms. The van der Waals surface area contributed by atoms with Gasteiger partial charge in [-0.25, -0.2) is 19.2 Å². The van der Waals surface area contributed by atoms with Crippen LogP contribution in [0.1, 0.15) is 25.3 Å². The molecule has 2 aliphatic rings. The van der Waals surface area contributed by atoms with Crippen LogP contribution in [0.5, 0.6) is 0 Å². The smallest absolute Gasteiger partial charge is 0.336 e. The van der Waals surface area contributed by atoms with E-state index in [1.54, 1.807) is 43.0 Å². The van der Waals surface area contributed by atoms with Crippen molar-refractivity contribution in [3.63, 3.8) is 0 Å². The number of methoxy groups -OCH3 is 1. The van der Waals surface area contributed by atoms with Crippen LogP contribution < -0.4 is 21.3 Å². The summed E-state index contributed by atoms with van der Waals surface area (Å²) < 4.78 is 16.1. The van der Waals surface area contributed by atoms with Crippen LogP contribution in [0.3, 0.4) is 0 Å². The lowest BCUT2D eigenvalue weighted by Gasteiger charge is -2.31. The number of nitrogens with one attached hydrogen (secondary N) is 4. The number of halogens is 1. The van der Waals surface area contributed by atoms with E-state index in [4.69, 9.17) is 25.8 Å². The first kappa shape index (κ1) is 29.8. The van der Waals surface area contributed by atoms with Gasteiger partial charge in [-0.15, -0.1) is 0 Å². The fourth-order valence-corrected chi connectivity index (χ4v) is 4.61. The van der Waals surface area contributed by atoms with Crippen molar-refractivity contribution in [1.82, 2.24) is 26.2 Å². The van der Waals surface area contributed by atoms with Crippen molar-refractivity contribution in [3.05, 3.63) is 57.4 Å². The Hall–Kier alpha value is -3.77. The molecule has 0 bridgehead atoms. The van der Waals surface area contributed by atoms with E-state index in [2.05, 4.69) is 21.3 Å². The Labute approximate surface area is 232 Å². The zero-order chi connectivity index (χ0) is 28.4. The number of benzene rings is 1. The SMILES string of the molecule is CCOC(=O)C1=C(COCCNC(=O)NCCN2CCNC2=O)NC(C)=C(C(=O)OC)C1c1ccccc1Cl. The largest absolute Gasteiger partial charge is 0.466 e. The fourth-order valence-electron chi connectivity index (χ4n) is 4.36. The molecule has 1 unspecified atom stereocenters. The van der Waals surface area contributed by atoms with Gasteiger partial charge in [0.1, 0.15) is 0 Å². The van der Waals surface area contributed by atoms with E-state index in [-0.39, 0.29) is 49.6 Å². The molecule has 0 aliphatic carbocycles. The third-order valence-electron chi connectivity index (χ3n) is 6.15. The molecule has 3 rings (SSSR count). The van der Waals surface area contributed by atoms with Gasteiger partial charge in [-0.05, 0) is 25.5 Å². The van der Waals surface area contributed by atoms with Crippen LogP contribution in [0.4, 0.5) is 9.59 Å². The van der Waals surface area contributed by atoms with Crippen LogP contribution in [0.25, 0.3) is 0 Å². The van der Waals surface area contributed by atoms with Gasteiger partial charge in [0.25, 0.3) is 0 Å². The molecule has 0 spiro atoms. The Morgan fingerprint density at radius 3 is 2.54 bits per heavy atom. The van der Waals surface area contributed by atoms with Gasteiger partial charge in [0.2, 0.25) is 0 Å². The number of rotatable bonds is 12. The first-order valence-electron chi connectivity index (χ1n) is 12.6. The van der Waals surface area contributed by atoms with E-state index in [0.717, 1.165) is 0 Å². The second kappa shape index (κ2) is 14.4. The molecule has 2 heterocycles. The summed E-state index contributed by atoms with van der Waals surface area (Å²) in [4.78, 5) is 51.2. The molecule has 1 fully saturated rings. The molecule has 1 aromatic carbocycles. The van der Waals surface area contributed by atoms with Gasteiger partial charge in [0.15, 0.2) is 0 Å². The second-order valence-electron chi connectivity index (χ2n) is 8.68. The maximum absolute atomic E-state index is 13.2. The molecule has 212 valence electrons. The molecule has 1 aromatic rings. The molecule has 1 saturated heterocycles. The van der Waals surface area contributed by atoms with E-state index < -0.39 is 17.9 Å². The third kappa shape index (κ3) is 7.64. The molecule has 2 aliphatic heterocycles. The Morgan fingerprint density at radius 1 is 1.13 bits per heavy atom. The maximum atomic E-state index is 13.2. The molecular weight excluding hydrogens is 530 g/mol. The van der Waals surface area contributed by atoms with Gasteiger partial charge < -0.3 is 40.4 Å². The molecule has 0 saturated carbocycles. The molecule has 12 nitrogen and oxygen atoms in total. The van der Waals surface area contributed by atoms with Gasteiger partial charge >= 0.3 is 24.0 Å². The highest BCUT2D eigenvalue weighted by Gasteiger charge is 2.39. The molecular formula is C26H34ClN5O7. The summed E-state index contributed by atoms with van der Waals surface area (Å²) in [6, 6.07) is 6.41. The number of amides is 4. The monoisotopic (exact) mass is 563 g/mol. The number of dihydropyridines is 1.